The van der Waals surface area contributed by atoms with Crippen molar-refractivity contribution < 1.29 is 18.0 Å². The molecule has 2 aliphatic rings. The second-order valence-corrected chi connectivity index (χ2v) is 5.38. The normalized spacial score (nSPS) is 23.5. The number of carbonyl (C=O) groups excluding carboxylic acids is 1. The van der Waals surface area contributed by atoms with Crippen LogP contribution in [0.5, 0.6) is 0 Å². The van der Waals surface area contributed by atoms with Gasteiger partial charge in [0, 0.05) is 17.2 Å². The molecule has 0 saturated heterocycles. The molecule has 1 aromatic carbocycles. The van der Waals surface area contributed by atoms with Crippen molar-refractivity contribution in [1.29, 1.82) is 0 Å². The molecule has 6 heteroatoms. The molecule has 1 saturated carbocycles. The number of nitrogens with one attached hydrogen (secondary N) is 2. The van der Waals surface area contributed by atoms with Gasteiger partial charge in [0.2, 0.25) is 5.54 Å². The molecule has 1 atom stereocenters. The number of urea groups is 1. The minimum absolute atomic E-state index is 0.0121. The Kier molecular flexibility index (Phi) is 3.17. The third-order valence-electron chi connectivity index (χ3n) is 3.70. The Bertz CT molecular complexity index is 710. The van der Waals surface area contributed by atoms with Crippen molar-refractivity contribution in [3.63, 3.8) is 0 Å². The van der Waals surface area contributed by atoms with Crippen LogP contribution in [-0.4, -0.2) is 12.2 Å². The number of carbonyl (C=O) groups is 1. The van der Waals surface area contributed by atoms with E-state index in [1.54, 1.807) is 0 Å². The van der Waals surface area contributed by atoms with Crippen LogP contribution in [0.3, 0.4) is 0 Å². The van der Waals surface area contributed by atoms with E-state index in [0.29, 0.717) is 5.56 Å². The van der Waals surface area contributed by atoms with Gasteiger partial charge in [-0.2, -0.15) is 13.2 Å². The number of amides is 2. The standard InChI is InChI=1S/C16H13F3N2O/c1-2-10-5-6-12-13(9-10)20-14(22)21-15(12,16(17,18)19)8-7-11-3-4-11/h2,5-6,9,11H,1,3-4H2,(H2,20,21,22). The molecule has 0 aromatic heterocycles. The highest BCUT2D eigenvalue weighted by molar-refractivity contribution is 5.95. The number of hydrogen-bond donors (Lipinski definition) is 2. The van der Waals surface area contributed by atoms with Crippen molar-refractivity contribution in [3.05, 3.63) is 35.9 Å². The van der Waals surface area contributed by atoms with Gasteiger partial charge in [0.1, 0.15) is 0 Å². The summed E-state index contributed by atoms with van der Waals surface area (Å²) < 4.78 is 41.2. The average molecular weight is 306 g/mol. The van der Waals surface area contributed by atoms with Crippen LogP contribution < -0.4 is 10.6 Å². The monoisotopic (exact) mass is 306 g/mol. The third kappa shape index (κ3) is 2.33. The Morgan fingerprint density at radius 3 is 2.68 bits per heavy atom. The molecule has 1 aromatic rings. The van der Waals surface area contributed by atoms with Gasteiger partial charge in [0.05, 0.1) is 0 Å². The fraction of sp³-hybridized carbons (Fsp3) is 0.312. The summed E-state index contributed by atoms with van der Waals surface area (Å²) >= 11 is 0. The first-order valence-electron chi connectivity index (χ1n) is 6.81. The number of benzene rings is 1. The highest BCUT2D eigenvalue weighted by Gasteiger charge is 2.59. The molecule has 2 N–H and O–H groups in total. The summed E-state index contributed by atoms with van der Waals surface area (Å²) in [7, 11) is 0. The van der Waals surface area contributed by atoms with Gasteiger partial charge < -0.3 is 10.6 Å². The number of fused-ring (bicyclic) bond motifs is 1. The topological polar surface area (TPSA) is 41.1 Å². The molecule has 3 rings (SSSR count). The molecule has 114 valence electrons. The molecule has 1 aliphatic heterocycles. The Morgan fingerprint density at radius 2 is 2.09 bits per heavy atom. The first kappa shape index (κ1) is 14.5. The number of rotatable bonds is 1. The van der Waals surface area contributed by atoms with Gasteiger partial charge in [0.15, 0.2) is 0 Å². The van der Waals surface area contributed by atoms with Crippen LogP contribution in [0.4, 0.5) is 23.7 Å². The van der Waals surface area contributed by atoms with Crippen LogP contribution in [0.15, 0.2) is 24.8 Å². The maximum atomic E-state index is 13.7. The SMILES string of the molecule is C=Cc1ccc2c(c1)NC(=O)NC2(C#CC1CC1)C(F)(F)F. The molecule has 0 spiro atoms. The fourth-order valence-electron chi connectivity index (χ4n) is 2.34. The largest absolute Gasteiger partial charge is 0.427 e. The fourth-order valence-corrected chi connectivity index (χ4v) is 2.34. The minimum atomic E-state index is -4.73. The summed E-state index contributed by atoms with van der Waals surface area (Å²) in [6, 6.07) is 3.38. The summed E-state index contributed by atoms with van der Waals surface area (Å²) in [5.74, 6) is 4.91. The van der Waals surface area contributed by atoms with Crippen LogP contribution in [0.25, 0.3) is 6.08 Å². The van der Waals surface area contributed by atoms with Crippen molar-refractivity contribution in [2.45, 2.75) is 24.6 Å². The maximum absolute atomic E-state index is 13.7. The van der Waals surface area contributed by atoms with Gasteiger partial charge in [-0.1, -0.05) is 36.6 Å². The Hall–Kier alpha value is -2.42. The smallest absolute Gasteiger partial charge is 0.310 e. The van der Waals surface area contributed by atoms with Gasteiger partial charge in [-0.05, 0) is 24.5 Å². The molecule has 1 unspecified atom stereocenters. The van der Waals surface area contributed by atoms with E-state index in [9.17, 15) is 18.0 Å². The zero-order valence-electron chi connectivity index (χ0n) is 11.6. The summed E-state index contributed by atoms with van der Waals surface area (Å²) in [6.07, 6.45) is -1.62. The lowest BCUT2D eigenvalue weighted by Gasteiger charge is -2.37. The van der Waals surface area contributed by atoms with E-state index >= 15 is 0 Å². The minimum Gasteiger partial charge on any atom is -0.310 e. The summed E-state index contributed by atoms with van der Waals surface area (Å²) in [5.41, 5.74) is -2.05. The molecule has 1 fully saturated rings. The Balaban J connectivity index is 2.20. The van der Waals surface area contributed by atoms with E-state index in [0.717, 1.165) is 12.8 Å². The molecule has 3 nitrogen and oxygen atoms in total. The van der Waals surface area contributed by atoms with Gasteiger partial charge >= 0.3 is 12.2 Å². The zero-order valence-corrected chi connectivity index (χ0v) is 11.6. The van der Waals surface area contributed by atoms with Gasteiger partial charge in [-0.25, -0.2) is 4.79 Å². The predicted molar refractivity (Wildman–Crippen MR) is 76.9 cm³/mol. The predicted octanol–water partition coefficient (Wildman–Crippen LogP) is 3.64. The Morgan fingerprint density at radius 1 is 1.36 bits per heavy atom. The van der Waals surface area contributed by atoms with E-state index in [2.05, 4.69) is 23.7 Å². The number of anilines is 1. The lowest BCUT2D eigenvalue weighted by atomic mass is 9.85. The second kappa shape index (κ2) is 4.80. The molecule has 2 amide bonds. The van der Waals surface area contributed by atoms with Crippen molar-refractivity contribution in [1.82, 2.24) is 5.32 Å². The zero-order chi connectivity index (χ0) is 16.0. The maximum Gasteiger partial charge on any atom is 0.427 e. The molecule has 0 radical (unpaired) electrons. The second-order valence-electron chi connectivity index (χ2n) is 5.38. The number of hydrogen-bond acceptors (Lipinski definition) is 1. The highest BCUT2D eigenvalue weighted by Crippen LogP contribution is 2.44. The number of alkyl halides is 3. The highest BCUT2D eigenvalue weighted by atomic mass is 19.4. The van der Waals surface area contributed by atoms with Gasteiger partial charge in [-0.15, -0.1) is 0 Å². The summed E-state index contributed by atoms with van der Waals surface area (Å²) in [4.78, 5) is 11.7. The van der Waals surface area contributed by atoms with Gasteiger partial charge in [0.25, 0.3) is 0 Å². The van der Waals surface area contributed by atoms with Gasteiger partial charge in [-0.3, -0.25) is 0 Å². The first-order valence-corrected chi connectivity index (χ1v) is 6.81. The molecule has 22 heavy (non-hydrogen) atoms. The molecular formula is C16H13F3N2O. The number of halogens is 3. The van der Waals surface area contributed by atoms with Crippen LogP contribution in [-0.2, 0) is 5.54 Å². The van der Waals surface area contributed by atoms with E-state index in [4.69, 9.17) is 0 Å². The quantitative estimate of drug-likeness (QED) is 0.764. The summed E-state index contributed by atoms with van der Waals surface area (Å²) in [5, 5.41) is 4.37. The van der Waals surface area contributed by atoms with Crippen LogP contribution in [0.2, 0.25) is 0 Å². The van der Waals surface area contributed by atoms with Crippen LogP contribution >= 0.6 is 0 Å². The molecule has 1 heterocycles. The van der Waals surface area contributed by atoms with Crippen molar-refractivity contribution >= 4 is 17.8 Å². The summed E-state index contributed by atoms with van der Waals surface area (Å²) in [6.45, 7) is 3.57. The van der Waals surface area contributed by atoms with Crippen molar-refractivity contribution in [2.75, 3.05) is 5.32 Å². The lowest BCUT2D eigenvalue weighted by Crippen LogP contribution is -2.59. The van der Waals surface area contributed by atoms with Crippen molar-refractivity contribution in [2.24, 2.45) is 5.92 Å². The lowest BCUT2D eigenvalue weighted by molar-refractivity contribution is -0.178. The molecule has 1 aliphatic carbocycles. The molecule has 0 bridgehead atoms. The average Bonchev–Trinajstić information content (AvgIpc) is 3.26. The van der Waals surface area contributed by atoms with Crippen LogP contribution in [0, 0.1) is 17.8 Å². The van der Waals surface area contributed by atoms with E-state index in [-0.39, 0.29) is 17.2 Å². The molecular weight excluding hydrogens is 293 g/mol. The Labute approximate surface area is 125 Å². The first-order chi connectivity index (χ1) is 10.4. The van der Waals surface area contributed by atoms with E-state index in [1.807, 2.05) is 5.32 Å². The van der Waals surface area contributed by atoms with E-state index in [1.165, 1.54) is 24.3 Å². The van der Waals surface area contributed by atoms with Crippen LogP contribution in [0.1, 0.15) is 24.0 Å². The third-order valence-corrected chi connectivity index (χ3v) is 3.70. The van der Waals surface area contributed by atoms with E-state index < -0.39 is 17.7 Å². The van der Waals surface area contributed by atoms with Crippen molar-refractivity contribution in [3.8, 4) is 11.8 Å².